The lowest BCUT2D eigenvalue weighted by Gasteiger charge is -2.24. The van der Waals surface area contributed by atoms with Crippen molar-refractivity contribution in [2.24, 2.45) is 0 Å². The molecule has 1 unspecified atom stereocenters. The molecule has 6 heteroatoms. The van der Waals surface area contributed by atoms with Gasteiger partial charge >= 0.3 is 0 Å². The highest BCUT2D eigenvalue weighted by Gasteiger charge is 2.31. The van der Waals surface area contributed by atoms with E-state index in [0.29, 0.717) is 17.9 Å². The summed E-state index contributed by atoms with van der Waals surface area (Å²) in [5, 5.41) is 0. The van der Waals surface area contributed by atoms with Crippen LogP contribution in [-0.2, 0) is 21.2 Å². The second-order valence-electron chi connectivity index (χ2n) is 8.00. The van der Waals surface area contributed by atoms with Gasteiger partial charge in [-0.3, -0.25) is 4.79 Å². The topological polar surface area (TPSA) is 66.5 Å². The third-order valence-corrected chi connectivity index (χ3v) is 7.63. The molecule has 1 fully saturated rings. The summed E-state index contributed by atoms with van der Waals surface area (Å²) in [6.45, 7) is 2.62. The summed E-state index contributed by atoms with van der Waals surface area (Å²) in [6, 6.07) is 15.1. The molecule has 0 radical (unpaired) electrons. The average molecular weight is 413 g/mol. The lowest BCUT2D eigenvalue weighted by molar-refractivity contribution is -0.120. The van der Waals surface area contributed by atoms with E-state index in [4.69, 9.17) is 0 Å². The van der Waals surface area contributed by atoms with Crippen LogP contribution in [0.4, 0.5) is 5.69 Å². The fraction of sp³-hybridized carbons (Fsp3) is 0.435. The molecule has 1 saturated carbocycles. The summed E-state index contributed by atoms with van der Waals surface area (Å²) in [5.41, 5.74) is 2.79. The van der Waals surface area contributed by atoms with Gasteiger partial charge in [-0.05, 0) is 55.0 Å². The van der Waals surface area contributed by atoms with E-state index < -0.39 is 10.0 Å². The van der Waals surface area contributed by atoms with Gasteiger partial charge in [-0.2, -0.15) is 0 Å². The predicted octanol–water partition coefficient (Wildman–Crippen LogP) is 3.99. The van der Waals surface area contributed by atoms with E-state index in [9.17, 15) is 13.2 Å². The number of carbonyl (C=O) groups excluding carboxylic acids is 1. The zero-order chi connectivity index (χ0) is 20.4. The number of amides is 1. The van der Waals surface area contributed by atoms with Crippen molar-refractivity contribution in [2.45, 2.75) is 62.3 Å². The summed E-state index contributed by atoms with van der Waals surface area (Å²) < 4.78 is 28.3. The first-order valence-corrected chi connectivity index (χ1v) is 12.0. The number of nitrogens with zero attached hydrogens (tertiary/aromatic N) is 1. The Morgan fingerprint density at radius 3 is 2.55 bits per heavy atom. The summed E-state index contributed by atoms with van der Waals surface area (Å²) in [7, 11) is -3.52. The fourth-order valence-electron chi connectivity index (χ4n) is 4.53. The van der Waals surface area contributed by atoms with Crippen molar-refractivity contribution in [3.8, 4) is 0 Å². The third kappa shape index (κ3) is 4.09. The van der Waals surface area contributed by atoms with E-state index in [1.807, 2.05) is 42.2 Å². The van der Waals surface area contributed by atoms with Crippen molar-refractivity contribution >= 4 is 21.6 Å². The highest BCUT2D eigenvalue weighted by Crippen LogP contribution is 2.34. The second kappa shape index (κ2) is 8.28. The van der Waals surface area contributed by atoms with Crippen molar-refractivity contribution < 1.29 is 13.2 Å². The molecule has 2 aromatic carbocycles. The molecule has 2 aromatic rings. The van der Waals surface area contributed by atoms with Gasteiger partial charge in [0.2, 0.25) is 15.9 Å². The van der Waals surface area contributed by atoms with Crippen LogP contribution >= 0.6 is 0 Å². The number of hydrogen-bond acceptors (Lipinski definition) is 3. The van der Waals surface area contributed by atoms with E-state index in [2.05, 4.69) is 4.72 Å². The molecule has 2 aliphatic rings. The van der Waals surface area contributed by atoms with Gasteiger partial charge in [0.15, 0.2) is 0 Å². The Morgan fingerprint density at radius 1 is 1.14 bits per heavy atom. The number of anilines is 1. The van der Waals surface area contributed by atoms with Crippen molar-refractivity contribution in [3.05, 3.63) is 59.7 Å². The molecule has 1 atom stereocenters. The van der Waals surface area contributed by atoms with E-state index in [1.54, 1.807) is 18.2 Å². The zero-order valence-corrected chi connectivity index (χ0v) is 17.6. The Kier molecular flexibility index (Phi) is 5.74. The van der Waals surface area contributed by atoms with Crippen molar-refractivity contribution in [3.63, 3.8) is 0 Å². The minimum Gasteiger partial charge on any atom is -0.311 e. The summed E-state index contributed by atoms with van der Waals surface area (Å²) in [5.74, 6) is -0.105. The third-order valence-electron chi connectivity index (χ3n) is 6.11. The Bertz CT molecular complexity index is 982. The summed E-state index contributed by atoms with van der Waals surface area (Å²) in [4.78, 5) is 15.4. The van der Waals surface area contributed by atoms with E-state index >= 15 is 0 Å². The van der Waals surface area contributed by atoms with Crippen LogP contribution in [0.15, 0.2) is 53.4 Å². The maximum absolute atomic E-state index is 13.2. The Hall–Kier alpha value is -2.18. The minimum atomic E-state index is -3.52. The van der Waals surface area contributed by atoms with Crippen LogP contribution < -0.4 is 9.62 Å². The van der Waals surface area contributed by atoms with Gasteiger partial charge in [0.05, 0.1) is 10.8 Å². The lowest BCUT2D eigenvalue weighted by Crippen LogP contribution is -2.34. The van der Waals surface area contributed by atoms with Gasteiger partial charge in [-0.25, -0.2) is 13.1 Å². The van der Waals surface area contributed by atoms with Crippen LogP contribution in [0.25, 0.3) is 0 Å². The van der Waals surface area contributed by atoms with Gasteiger partial charge in [-0.15, -0.1) is 0 Å². The monoisotopic (exact) mass is 412 g/mol. The van der Waals surface area contributed by atoms with Gasteiger partial charge < -0.3 is 4.90 Å². The van der Waals surface area contributed by atoms with Crippen molar-refractivity contribution in [2.75, 3.05) is 11.4 Å². The normalized spacial score (nSPS) is 18.0. The average Bonchev–Trinajstić information content (AvgIpc) is 3.38. The molecule has 0 bridgehead atoms. The number of hydrogen-bond donors (Lipinski definition) is 1. The maximum atomic E-state index is 13.2. The minimum absolute atomic E-state index is 0.0440. The lowest BCUT2D eigenvalue weighted by atomic mass is 9.95. The maximum Gasteiger partial charge on any atom is 0.240 e. The highest BCUT2D eigenvalue weighted by molar-refractivity contribution is 7.89. The smallest absolute Gasteiger partial charge is 0.240 e. The van der Waals surface area contributed by atoms with Gasteiger partial charge in [0, 0.05) is 18.3 Å². The van der Waals surface area contributed by atoms with Crippen LogP contribution in [0, 0.1) is 0 Å². The molecule has 4 rings (SSSR count). The molecule has 1 amide bonds. The summed E-state index contributed by atoms with van der Waals surface area (Å²) in [6.07, 6.45) is 5.38. The van der Waals surface area contributed by atoms with Crippen LogP contribution in [0.1, 0.15) is 56.1 Å². The van der Waals surface area contributed by atoms with Gasteiger partial charge in [0.25, 0.3) is 0 Å². The molecular weight excluding hydrogens is 384 g/mol. The molecule has 1 N–H and O–H groups in total. The van der Waals surface area contributed by atoms with Crippen LogP contribution in [0.5, 0.6) is 0 Å². The molecule has 5 nitrogen and oxygen atoms in total. The summed E-state index contributed by atoms with van der Waals surface area (Å²) >= 11 is 0. The van der Waals surface area contributed by atoms with Crippen LogP contribution in [0.2, 0.25) is 0 Å². The molecular formula is C23H28N2O3S. The van der Waals surface area contributed by atoms with E-state index in [0.717, 1.165) is 48.9 Å². The first kappa shape index (κ1) is 20.1. The first-order valence-electron chi connectivity index (χ1n) is 10.5. The number of benzene rings is 2. The number of rotatable bonds is 6. The molecule has 0 saturated heterocycles. The number of nitrogens with one attached hydrogen (secondary N) is 1. The Balaban J connectivity index is 1.56. The molecule has 1 aliphatic carbocycles. The zero-order valence-electron chi connectivity index (χ0n) is 16.8. The molecule has 0 spiro atoms. The number of sulfonamides is 1. The standard InChI is InChI=1S/C23H28N2O3S/c1-2-21(17-8-4-3-5-9-17)23(26)25-15-14-18-16-20(12-13-22(18)25)29(27,28)24-19-10-6-7-11-19/h3-5,8-9,12-13,16,19,21,24H,2,6-7,10-11,14-15H2,1H3. The molecule has 1 aliphatic heterocycles. The fourth-order valence-corrected chi connectivity index (χ4v) is 5.89. The highest BCUT2D eigenvalue weighted by atomic mass is 32.2. The number of carbonyl (C=O) groups is 1. The quantitative estimate of drug-likeness (QED) is 0.780. The second-order valence-corrected chi connectivity index (χ2v) is 9.72. The van der Waals surface area contributed by atoms with Crippen molar-refractivity contribution in [1.82, 2.24) is 4.72 Å². The predicted molar refractivity (Wildman–Crippen MR) is 115 cm³/mol. The van der Waals surface area contributed by atoms with Gasteiger partial charge in [-0.1, -0.05) is 50.1 Å². The number of fused-ring (bicyclic) bond motifs is 1. The van der Waals surface area contributed by atoms with Crippen LogP contribution in [0.3, 0.4) is 0 Å². The van der Waals surface area contributed by atoms with Gasteiger partial charge in [0.1, 0.15) is 0 Å². The van der Waals surface area contributed by atoms with Crippen LogP contribution in [-0.4, -0.2) is 26.9 Å². The largest absolute Gasteiger partial charge is 0.311 e. The Morgan fingerprint density at radius 2 is 1.86 bits per heavy atom. The van der Waals surface area contributed by atoms with E-state index in [1.165, 1.54) is 0 Å². The Labute approximate surface area is 173 Å². The molecule has 1 heterocycles. The van der Waals surface area contributed by atoms with E-state index in [-0.39, 0.29) is 17.9 Å². The molecule has 154 valence electrons. The van der Waals surface area contributed by atoms with Crippen molar-refractivity contribution in [1.29, 1.82) is 0 Å². The first-order chi connectivity index (χ1) is 14.0. The molecule has 29 heavy (non-hydrogen) atoms. The molecule has 0 aromatic heterocycles. The SMILES string of the molecule is CCC(C(=O)N1CCc2cc(S(=O)(=O)NC3CCCC3)ccc21)c1ccccc1.